The fourth-order valence-electron chi connectivity index (χ4n) is 2.06. The summed E-state index contributed by atoms with van der Waals surface area (Å²) < 4.78 is 31.8. The summed E-state index contributed by atoms with van der Waals surface area (Å²) in [6.45, 7) is 3.57. The number of rotatable bonds is 7. The van der Waals surface area contributed by atoms with Gasteiger partial charge >= 0.3 is 5.97 Å². The maximum absolute atomic E-state index is 12.8. The quantitative estimate of drug-likeness (QED) is 0.718. The molecule has 7 heteroatoms. The number of aryl methyl sites for hydroxylation is 1. The number of carbonyl (C=O) groups excluding carboxylic acids is 1. The molecule has 5 nitrogen and oxygen atoms in total. The number of benzene rings is 1. The molecular weight excluding hydrogens is 334 g/mol. The fraction of sp³-hybridized carbons (Fsp3) is 0.312. The third-order valence-corrected chi connectivity index (χ3v) is 6.40. The molecule has 0 fully saturated rings. The van der Waals surface area contributed by atoms with E-state index in [0.29, 0.717) is 5.69 Å². The second kappa shape index (κ2) is 7.61. The van der Waals surface area contributed by atoms with Crippen molar-refractivity contribution >= 4 is 33.0 Å². The molecule has 0 saturated carbocycles. The molecule has 1 heterocycles. The van der Waals surface area contributed by atoms with Gasteiger partial charge in [0.05, 0.1) is 12.3 Å². The molecule has 1 aromatic heterocycles. The number of ether oxygens (including phenoxy) is 1. The van der Waals surface area contributed by atoms with Crippen LogP contribution in [0.3, 0.4) is 0 Å². The highest BCUT2D eigenvalue weighted by molar-refractivity contribution is 7.94. The van der Waals surface area contributed by atoms with Crippen molar-refractivity contribution in [2.45, 2.75) is 24.5 Å². The van der Waals surface area contributed by atoms with E-state index in [0.717, 1.165) is 27.6 Å². The van der Waals surface area contributed by atoms with Gasteiger partial charge in [-0.1, -0.05) is 25.1 Å². The van der Waals surface area contributed by atoms with Gasteiger partial charge in [0.15, 0.2) is 0 Å². The van der Waals surface area contributed by atoms with Crippen molar-refractivity contribution in [3.63, 3.8) is 0 Å². The Morgan fingerprint density at radius 2 is 1.87 bits per heavy atom. The molecule has 0 radical (unpaired) electrons. The fourth-order valence-corrected chi connectivity index (χ4v) is 4.57. The first kappa shape index (κ1) is 17.5. The van der Waals surface area contributed by atoms with Crippen molar-refractivity contribution in [3.8, 4) is 0 Å². The summed E-state index contributed by atoms with van der Waals surface area (Å²) in [7, 11) is -3.79. The third kappa shape index (κ3) is 4.11. The summed E-state index contributed by atoms with van der Waals surface area (Å²) in [6, 6.07) is 10.3. The number of hydrogen-bond donors (Lipinski definition) is 0. The van der Waals surface area contributed by atoms with Gasteiger partial charge in [-0.25, -0.2) is 8.42 Å². The number of esters is 1. The van der Waals surface area contributed by atoms with E-state index < -0.39 is 16.0 Å². The average Bonchev–Trinajstić information content (AvgIpc) is 3.08. The van der Waals surface area contributed by atoms with Crippen LogP contribution in [-0.2, 0) is 26.0 Å². The van der Waals surface area contributed by atoms with Crippen LogP contribution < -0.4 is 4.31 Å². The number of nitrogens with zero attached hydrogens (tertiary/aromatic N) is 1. The van der Waals surface area contributed by atoms with Crippen LogP contribution in [0.25, 0.3) is 0 Å². The predicted molar refractivity (Wildman–Crippen MR) is 91.3 cm³/mol. The molecule has 2 rings (SSSR count). The van der Waals surface area contributed by atoms with E-state index in [1.165, 1.54) is 6.07 Å². The lowest BCUT2D eigenvalue weighted by Crippen LogP contribution is -2.36. The topological polar surface area (TPSA) is 63.7 Å². The zero-order valence-corrected chi connectivity index (χ0v) is 14.7. The molecule has 0 spiro atoms. The van der Waals surface area contributed by atoms with E-state index in [1.807, 2.05) is 19.1 Å². The van der Waals surface area contributed by atoms with E-state index >= 15 is 0 Å². The van der Waals surface area contributed by atoms with Crippen LogP contribution in [0.1, 0.15) is 19.4 Å². The summed E-state index contributed by atoms with van der Waals surface area (Å²) in [5.41, 5.74) is 1.54. The molecule has 0 amide bonds. The van der Waals surface area contributed by atoms with Crippen molar-refractivity contribution in [3.05, 3.63) is 47.3 Å². The minimum Gasteiger partial charge on any atom is -0.465 e. The summed E-state index contributed by atoms with van der Waals surface area (Å²) in [5, 5.41) is 1.69. The van der Waals surface area contributed by atoms with Crippen LogP contribution in [-0.4, -0.2) is 27.5 Å². The zero-order valence-electron chi connectivity index (χ0n) is 13.1. The summed E-state index contributed by atoms with van der Waals surface area (Å²) in [4.78, 5) is 11.8. The largest absolute Gasteiger partial charge is 0.465 e. The van der Waals surface area contributed by atoms with Crippen molar-refractivity contribution in [2.24, 2.45) is 0 Å². The zero-order chi connectivity index (χ0) is 16.9. The molecule has 2 aromatic rings. The normalized spacial score (nSPS) is 11.2. The number of thiophene rings is 1. The minimum atomic E-state index is -3.79. The van der Waals surface area contributed by atoms with Crippen molar-refractivity contribution < 1.29 is 17.9 Å². The smallest absolute Gasteiger partial charge is 0.326 e. The van der Waals surface area contributed by atoms with Crippen LogP contribution in [0.5, 0.6) is 0 Å². The Bertz CT molecular complexity index is 737. The van der Waals surface area contributed by atoms with Crippen molar-refractivity contribution in [2.75, 3.05) is 17.5 Å². The lowest BCUT2D eigenvalue weighted by molar-refractivity contribution is -0.141. The number of carbonyl (C=O) groups is 1. The molecule has 0 aliphatic carbocycles. The molecule has 1 aromatic carbocycles. The van der Waals surface area contributed by atoms with Crippen LogP contribution in [0.2, 0.25) is 0 Å². The monoisotopic (exact) mass is 353 g/mol. The molecule has 23 heavy (non-hydrogen) atoms. The number of hydrogen-bond acceptors (Lipinski definition) is 5. The highest BCUT2D eigenvalue weighted by Crippen LogP contribution is 2.26. The van der Waals surface area contributed by atoms with E-state index in [2.05, 4.69) is 0 Å². The van der Waals surface area contributed by atoms with Gasteiger partial charge in [0, 0.05) is 0 Å². The van der Waals surface area contributed by atoms with Gasteiger partial charge in [0.1, 0.15) is 10.8 Å². The van der Waals surface area contributed by atoms with Gasteiger partial charge in [-0.15, -0.1) is 11.3 Å². The van der Waals surface area contributed by atoms with Gasteiger partial charge in [-0.3, -0.25) is 9.10 Å². The Morgan fingerprint density at radius 3 is 2.39 bits per heavy atom. The lowest BCUT2D eigenvalue weighted by Gasteiger charge is -2.23. The average molecular weight is 353 g/mol. The highest BCUT2D eigenvalue weighted by Gasteiger charge is 2.28. The van der Waals surface area contributed by atoms with E-state index in [1.54, 1.807) is 30.5 Å². The number of anilines is 1. The summed E-state index contributed by atoms with van der Waals surface area (Å²) >= 11 is 1.12. The SMILES string of the molecule is CCOC(=O)CN(c1ccc(CC)cc1)S(=O)(=O)c1cccs1. The van der Waals surface area contributed by atoms with Gasteiger partial charge in [0.2, 0.25) is 0 Å². The van der Waals surface area contributed by atoms with E-state index in [4.69, 9.17) is 4.74 Å². The molecule has 0 saturated heterocycles. The van der Waals surface area contributed by atoms with E-state index in [-0.39, 0.29) is 17.4 Å². The first-order chi connectivity index (χ1) is 11.0. The second-order valence-electron chi connectivity index (χ2n) is 4.77. The predicted octanol–water partition coefficient (Wildman–Crippen LogP) is 3.07. The number of sulfonamides is 1. The van der Waals surface area contributed by atoms with Crippen LogP contribution in [0.4, 0.5) is 5.69 Å². The van der Waals surface area contributed by atoms with Crippen molar-refractivity contribution in [1.82, 2.24) is 0 Å². The van der Waals surface area contributed by atoms with Gasteiger partial charge in [0.25, 0.3) is 10.0 Å². The standard InChI is InChI=1S/C16H19NO4S2/c1-3-13-7-9-14(10-8-13)17(12-15(18)21-4-2)23(19,20)16-6-5-11-22-16/h5-11H,3-4,12H2,1-2H3. The Labute approximate surface area is 140 Å². The van der Waals surface area contributed by atoms with Gasteiger partial charge < -0.3 is 4.74 Å². The lowest BCUT2D eigenvalue weighted by atomic mass is 10.1. The molecule has 0 N–H and O–H groups in total. The van der Waals surface area contributed by atoms with E-state index in [9.17, 15) is 13.2 Å². The molecule has 0 bridgehead atoms. The first-order valence-electron chi connectivity index (χ1n) is 7.29. The molecule has 0 aliphatic rings. The maximum Gasteiger partial charge on any atom is 0.326 e. The summed E-state index contributed by atoms with van der Waals surface area (Å²) in [5.74, 6) is -0.577. The van der Waals surface area contributed by atoms with Gasteiger partial charge in [-0.2, -0.15) is 0 Å². The van der Waals surface area contributed by atoms with Crippen LogP contribution >= 0.6 is 11.3 Å². The Balaban J connectivity index is 2.40. The van der Waals surface area contributed by atoms with Crippen molar-refractivity contribution in [1.29, 1.82) is 0 Å². The Hall–Kier alpha value is -1.86. The second-order valence-corrected chi connectivity index (χ2v) is 7.81. The molecule has 124 valence electrons. The highest BCUT2D eigenvalue weighted by atomic mass is 32.2. The molecular formula is C16H19NO4S2. The molecule has 0 aliphatic heterocycles. The minimum absolute atomic E-state index is 0.196. The first-order valence-corrected chi connectivity index (χ1v) is 9.61. The maximum atomic E-state index is 12.8. The van der Waals surface area contributed by atoms with Crippen LogP contribution in [0.15, 0.2) is 46.0 Å². The third-order valence-electron chi connectivity index (χ3n) is 3.25. The molecule has 0 unspecified atom stereocenters. The Kier molecular flexibility index (Phi) is 5.79. The summed E-state index contributed by atoms with van der Waals surface area (Å²) in [6.07, 6.45) is 0.857. The van der Waals surface area contributed by atoms with Crippen LogP contribution in [0, 0.1) is 0 Å². The van der Waals surface area contributed by atoms with Gasteiger partial charge in [-0.05, 0) is 42.5 Å². The Morgan fingerprint density at radius 1 is 1.17 bits per heavy atom. The molecule has 0 atom stereocenters.